The number of hydrogen-bond donors (Lipinski definition) is 0. The number of nitrogens with zero attached hydrogens (tertiary/aromatic N) is 1. The Balaban J connectivity index is 1.47. The number of ether oxygens (including phenoxy) is 3. The van der Waals surface area contributed by atoms with Crippen LogP contribution in [0.5, 0.6) is 11.5 Å². The molecule has 0 saturated heterocycles. The van der Waals surface area contributed by atoms with Gasteiger partial charge in [-0.1, -0.05) is 63.2 Å². The summed E-state index contributed by atoms with van der Waals surface area (Å²) in [5.74, 6) is 2.13. The molecule has 3 aliphatic carbocycles. The fourth-order valence-corrected chi connectivity index (χ4v) is 6.22. The number of carbonyl (C=O) groups is 1. The minimum Gasteiger partial charge on any atom is -0.490 e. The topological polar surface area (TPSA) is 48.0 Å². The van der Waals surface area contributed by atoms with Crippen LogP contribution in [0.15, 0.2) is 54.6 Å². The highest BCUT2D eigenvalue weighted by molar-refractivity contribution is 5.73. The third-order valence-electron chi connectivity index (χ3n) is 8.42. The summed E-state index contributed by atoms with van der Waals surface area (Å²) < 4.78 is 18.0. The molecule has 2 bridgehead atoms. The van der Waals surface area contributed by atoms with E-state index < -0.39 is 5.60 Å². The molecule has 0 aromatic heterocycles. The van der Waals surface area contributed by atoms with Gasteiger partial charge in [0.15, 0.2) is 11.5 Å². The first-order valence-electron chi connectivity index (χ1n) is 15.0. The van der Waals surface area contributed by atoms with Crippen LogP contribution in [0.25, 0.3) is 5.57 Å². The molecule has 2 aromatic rings. The maximum absolute atomic E-state index is 12.9. The first-order chi connectivity index (χ1) is 18.9. The summed E-state index contributed by atoms with van der Waals surface area (Å²) in [4.78, 5) is 15.4. The number of carbonyl (C=O) groups excluding carboxylic acids is 1. The summed E-state index contributed by atoms with van der Waals surface area (Å²) in [7, 11) is 0. The third kappa shape index (κ3) is 7.05. The number of hydrogen-bond acceptors (Lipinski definition) is 5. The van der Waals surface area contributed by atoms with Crippen molar-refractivity contribution in [3.05, 3.63) is 65.7 Å². The predicted octanol–water partition coefficient (Wildman–Crippen LogP) is 7.19. The van der Waals surface area contributed by atoms with E-state index in [1.807, 2.05) is 33.8 Å². The molecule has 5 rings (SSSR count). The Bertz CT molecular complexity index is 1110. The molecule has 0 N–H and O–H groups in total. The normalized spacial score (nSPS) is 22.2. The van der Waals surface area contributed by atoms with Gasteiger partial charge in [-0.2, -0.15) is 0 Å². The molecular formula is C34H47NO4. The summed E-state index contributed by atoms with van der Waals surface area (Å²) in [6.45, 7) is 14.1. The van der Waals surface area contributed by atoms with E-state index in [0.717, 1.165) is 56.8 Å². The lowest BCUT2D eigenvalue weighted by Gasteiger charge is -2.50. The largest absolute Gasteiger partial charge is 0.490 e. The fourth-order valence-electron chi connectivity index (χ4n) is 6.22. The van der Waals surface area contributed by atoms with Crippen LogP contribution < -0.4 is 9.47 Å². The van der Waals surface area contributed by atoms with Gasteiger partial charge in [0.2, 0.25) is 0 Å². The highest BCUT2D eigenvalue weighted by atomic mass is 16.6. The van der Waals surface area contributed by atoms with Gasteiger partial charge in [0, 0.05) is 25.4 Å². The van der Waals surface area contributed by atoms with E-state index in [4.69, 9.17) is 14.2 Å². The maximum atomic E-state index is 12.9. The van der Waals surface area contributed by atoms with Crippen LogP contribution in [0.2, 0.25) is 0 Å². The van der Waals surface area contributed by atoms with Gasteiger partial charge in [-0.15, -0.1) is 0 Å². The van der Waals surface area contributed by atoms with Crippen molar-refractivity contribution in [2.24, 2.45) is 17.8 Å². The number of rotatable bonds is 14. The molecule has 0 radical (unpaired) electrons. The van der Waals surface area contributed by atoms with E-state index in [2.05, 4.69) is 60.4 Å². The van der Waals surface area contributed by atoms with Crippen molar-refractivity contribution >= 4 is 11.5 Å². The molecule has 2 aromatic carbocycles. The summed E-state index contributed by atoms with van der Waals surface area (Å²) in [6.07, 6.45) is 7.42. The predicted molar refractivity (Wildman–Crippen MR) is 158 cm³/mol. The maximum Gasteiger partial charge on any atom is 0.308 e. The van der Waals surface area contributed by atoms with Crippen LogP contribution in [-0.2, 0) is 16.0 Å². The van der Waals surface area contributed by atoms with Crippen LogP contribution in [0, 0.1) is 17.8 Å². The summed E-state index contributed by atoms with van der Waals surface area (Å²) in [5.41, 5.74) is 3.58. The first-order valence-corrected chi connectivity index (χ1v) is 15.0. The average molecular weight is 534 g/mol. The third-order valence-corrected chi connectivity index (χ3v) is 8.42. The van der Waals surface area contributed by atoms with E-state index in [-0.39, 0.29) is 17.8 Å². The second-order valence-electron chi connectivity index (χ2n) is 11.3. The Morgan fingerprint density at radius 2 is 1.72 bits per heavy atom. The lowest BCUT2D eigenvalue weighted by molar-refractivity contribution is -0.176. The van der Waals surface area contributed by atoms with Crippen LogP contribution in [-0.4, -0.2) is 49.3 Å². The highest BCUT2D eigenvalue weighted by Gasteiger charge is 2.50. The van der Waals surface area contributed by atoms with E-state index in [1.165, 1.54) is 23.1 Å². The lowest BCUT2D eigenvalue weighted by atomic mass is 9.60. The van der Waals surface area contributed by atoms with Crippen molar-refractivity contribution in [1.29, 1.82) is 0 Å². The van der Waals surface area contributed by atoms with Crippen molar-refractivity contribution in [3.63, 3.8) is 0 Å². The van der Waals surface area contributed by atoms with Crippen molar-refractivity contribution in [1.82, 2.24) is 4.90 Å². The molecule has 3 atom stereocenters. The van der Waals surface area contributed by atoms with Crippen molar-refractivity contribution in [3.8, 4) is 11.5 Å². The quantitative estimate of drug-likeness (QED) is 0.241. The molecule has 0 amide bonds. The van der Waals surface area contributed by atoms with Crippen LogP contribution in [0.4, 0.5) is 0 Å². The molecule has 1 saturated carbocycles. The van der Waals surface area contributed by atoms with Gasteiger partial charge in [0.25, 0.3) is 0 Å². The van der Waals surface area contributed by atoms with Crippen LogP contribution in [0.3, 0.4) is 0 Å². The number of likely N-dealkylation sites (N-methyl/N-ethyl adjacent to an activating group) is 1. The monoisotopic (exact) mass is 533 g/mol. The van der Waals surface area contributed by atoms with Gasteiger partial charge in [0.05, 0.1) is 19.1 Å². The smallest absolute Gasteiger partial charge is 0.308 e. The van der Waals surface area contributed by atoms with E-state index in [0.29, 0.717) is 19.1 Å². The molecule has 39 heavy (non-hydrogen) atoms. The number of benzene rings is 2. The SMILES string of the molecule is CCOc1ccc(CCN(CC)CC[C@]2(OC(=O)C(C)C)C[C@H]3CC[C@@H]2C=C3c2ccccc2)cc1OCC. The minimum atomic E-state index is -0.419. The Labute approximate surface area is 235 Å². The van der Waals surface area contributed by atoms with Gasteiger partial charge in [-0.3, -0.25) is 4.79 Å². The minimum absolute atomic E-state index is 0.0712. The average Bonchev–Trinajstić information content (AvgIpc) is 2.95. The number of fused-ring (bicyclic) bond motifs is 2. The van der Waals surface area contributed by atoms with Crippen molar-refractivity contribution in [2.75, 3.05) is 32.8 Å². The molecule has 5 heteroatoms. The van der Waals surface area contributed by atoms with E-state index in [1.54, 1.807) is 0 Å². The van der Waals surface area contributed by atoms with Gasteiger partial charge in [0.1, 0.15) is 5.60 Å². The van der Waals surface area contributed by atoms with E-state index >= 15 is 0 Å². The zero-order chi connectivity index (χ0) is 27.8. The van der Waals surface area contributed by atoms with Gasteiger partial charge in [-0.05, 0) is 80.8 Å². The summed E-state index contributed by atoms with van der Waals surface area (Å²) in [6, 6.07) is 17.0. The zero-order valence-corrected chi connectivity index (χ0v) is 24.6. The lowest BCUT2D eigenvalue weighted by Crippen LogP contribution is -2.51. The number of esters is 1. The van der Waals surface area contributed by atoms with Crippen LogP contribution >= 0.6 is 0 Å². The molecule has 0 heterocycles. The molecule has 0 aliphatic heterocycles. The summed E-state index contributed by atoms with van der Waals surface area (Å²) >= 11 is 0. The first kappa shape index (κ1) is 29.2. The molecule has 0 unspecified atom stereocenters. The Morgan fingerprint density at radius 3 is 2.36 bits per heavy atom. The summed E-state index contributed by atoms with van der Waals surface area (Å²) in [5, 5.41) is 0. The van der Waals surface area contributed by atoms with Crippen LogP contribution in [0.1, 0.15) is 71.4 Å². The van der Waals surface area contributed by atoms with Gasteiger partial charge >= 0.3 is 5.97 Å². The second-order valence-corrected chi connectivity index (χ2v) is 11.3. The van der Waals surface area contributed by atoms with Gasteiger partial charge < -0.3 is 19.1 Å². The number of allylic oxidation sites excluding steroid dienone is 1. The highest BCUT2D eigenvalue weighted by Crippen LogP contribution is 2.53. The van der Waals surface area contributed by atoms with Crippen molar-refractivity contribution in [2.45, 2.75) is 72.3 Å². The zero-order valence-electron chi connectivity index (χ0n) is 24.6. The molecule has 5 nitrogen and oxygen atoms in total. The molecule has 0 spiro atoms. The molecular weight excluding hydrogens is 486 g/mol. The molecule has 3 aliphatic rings. The van der Waals surface area contributed by atoms with Crippen molar-refractivity contribution < 1.29 is 19.0 Å². The Morgan fingerprint density at radius 1 is 0.974 bits per heavy atom. The Kier molecular flexibility index (Phi) is 10.1. The molecule has 1 fully saturated rings. The van der Waals surface area contributed by atoms with E-state index in [9.17, 15) is 4.79 Å². The van der Waals surface area contributed by atoms with Gasteiger partial charge in [-0.25, -0.2) is 0 Å². The standard InChI is InChI=1S/C34H47NO4/c1-6-35(20-18-26-14-17-31(37-7-2)32(22-26)38-8-3)21-19-34(39-33(36)25(4)5)24-28-15-16-29(34)23-30(28)27-12-10-9-11-13-27/h9-14,17,22-23,25,28-29H,6-8,15-16,18-21,24H2,1-5H3/t28-,29-,34+/m1/s1. The molecule has 212 valence electrons. The second kappa shape index (κ2) is 13.5. The Hall–Kier alpha value is -2.79. The fraction of sp³-hybridized carbons (Fsp3) is 0.559.